The maximum atomic E-state index is 10.9. The molecule has 0 spiro atoms. The van der Waals surface area contributed by atoms with Crippen molar-refractivity contribution in [1.82, 2.24) is 0 Å². The summed E-state index contributed by atoms with van der Waals surface area (Å²) in [7, 11) is 0. The SMILES string of the molecule is CCCCCC1(C2CCCCC2)CCCCC1.CCCCCC1OCC(C#N)(C(=O)O)CO1. The van der Waals surface area contributed by atoms with E-state index >= 15 is 0 Å². The molecule has 0 aromatic rings. The van der Waals surface area contributed by atoms with Gasteiger partial charge in [-0.15, -0.1) is 0 Å². The second kappa shape index (κ2) is 15.0. The maximum Gasteiger partial charge on any atom is 0.328 e. The van der Waals surface area contributed by atoms with Crippen LogP contribution in [-0.4, -0.2) is 30.6 Å². The molecule has 2 aliphatic carbocycles. The highest BCUT2D eigenvalue weighted by Gasteiger charge is 2.44. The van der Waals surface area contributed by atoms with Crippen LogP contribution in [0.4, 0.5) is 0 Å². The van der Waals surface area contributed by atoms with Crippen LogP contribution in [0.25, 0.3) is 0 Å². The summed E-state index contributed by atoms with van der Waals surface area (Å²) in [5.74, 6) is -0.0737. The summed E-state index contributed by atoms with van der Waals surface area (Å²) in [6, 6.07) is 1.76. The van der Waals surface area contributed by atoms with Crippen LogP contribution in [0.1, 0.15) is 129 Å². The Bertz CT molecular complexity index is 579. The van der Waals surface area contributed by atoms with Crippen molar-refractivity contribution >= 4 is 5.97 Å². The number of unbranched alkanes of at least 4 members (excludes halogenated alkanes) is 4. The normalized spacial score (nSPS) is 27.7. The van der Waals surface area contributed by atoms with Gasteiger partial charge in [0.1, 0.15) is 0 Å². The van der Waals surface area contributed by atoms with Gasteiger partial charge in [0, 0.05) is 0 Å². The molecular formula is C28H49NO4. The number of carboxylic acid groups (broad SMARTS) is 1. The van der Waals surface area contributed by atoms with Crippen molar-refractivity contribution < 1.29 is 19.4 Å². The van der Waals surface area contributed by atoms with Gasteiger partial charge < -0.3 is 14.6 Å². The van der Waals surface area contributed by atoms with E-state index in [0.29, 0.717) is 0 Å². The highest BCUT2D eigenvalue weighted by molar-refractivity contribution is 5.78. The van der Waals surface area contributed by atoms with Gasteiger partial charge in [0.25, 0.3) is 0 Å². The minimum atomic E-state index is -1.53. The number of carbonyl (C=O) groups is 1. The first-order valence-electron chi connectivity index (χ1n) is 13.9. The van der Waals surface area contributed by atoms with Crippen molar-refractivity contribution in [2.75, 3.05) is 13.2 Å². The van der Waals surface area contributed by atoms with Crippen molar-refractivity contribution in [3.8, 4) is 6.07 Å². The fourth-order valence-corrected chi connectivity index (χ4v) is 6.08. The number of hydrogen-bond donors (Lipinski definition) is 1. The average molecular weight is 464 g/mol. The van der Waals surface area contributed by atoms with Crippen molar-refractivity contribution in [2.24, 2.45) is 16.7 Å². The Morgan fingerprint density at radius 1 is 0.909 bits per heavy atom. The zero-order valence-corrected chi connectivity index (χ0v) is 21.4. The second-order valence-electron chi connectivity index (χ2n) is 10.8. The van der Waals surface area contributed by atoms with Crippen molar-refractivity contribution in [2.45, 2.75) is 136 Å². The molecule has 5 nitrogen and oxygen atoms in total. The summed E-state index contributed by atoms with van der Waals surface area (Å²) in [5.41, 5.74) is -0.727. The smallest absolute Gasteiger partial charge is 0.328 e. The van der Waals surface area contributed by atoms with E-state index in [4.69, 9.17) is 19.8 Å². The quantitative estimate of drug-likeness (QED) is 0.337. The molecule has 1 heterocycles. The number of hydrogen-bond acceptors (Lipinski definition) is 4. The fraction of sp³-hybridized carbons (Fsp3) is 0.929. The topological polar surface area (TPSA) is 79.5 Å². The van der Waals surface area contributed by atoms with Crippen molar-refractivity contribution in [1.29, 1.82) is 5.26 Å². The van der Waals surface area contributed by atoms with E-state index in [9.17, 15) is 4.79 Å². The van der Waals surface area contributed by atoms with Crippen LogP contribution in [-0.2, 0) is 14.3 Å². The summed E-state index contributed by atoms with van der Waals surface area (Å²) >= 11 is 0. The Labute approximate surface area is 202 Å². The third kappa shape index (κ3) is 8.55. The van der Waals surface area contributed by atoms with Crippen LogP contribution in [0.3, 0.4) is 0 Å². The van der Waals surface area contributed by atoms with Crippen molar-refractivity contribution in [3.63, 3.8) is 0 Å². The molecule has 5 heteroatoms. The van der Waals surface area contributed by atoms with Crippen LogP contribution in [0.5, 0.6) is 0 Å². The number of rotatable bonds is 10. The van der Waals surface area contributed by atoms with Gasteiger partial charge in [-0.1, -0.05) is 84.5 Å². The molecule has 0 aromatic carbocycles. The van der Waals surface area contributed by atoms with Gasteiger partial charge in [-0.2, -0.15) is 5.26 Å². The van der Waals surface area contributed by atoms with Gasteiger partial charge in [0.05, 0.1) is 19.3 Å². The molecule has 0 bridgehead atoms. The molecule has 1 N–H and O–H groups in total. The summed E-state index contributed by atoms with van der Waals surface area (Å²) < 4.78 is 10.5. The molecule has 2 saturated carbocycles. The number of ether oxygens (including phenoxy) is 2. The van der Waals surface area contributed by atoms with E-state index in [0.717, 1.165) is 37.0 Å². The van der Waals surface area contributed by atoms with Crippen LogP contribution in [0, 0.1) is 28.1 Å². The lowest BCUT2D eigenvalue weighted by molar-refractivity contribution is -0.224. The third-order valence-corrected chi connectivity index (χ3v) is 8.30. The minimum absolute atomic E-state index is 0.0877. The number of nitrogens with zero attached hydrogens (tertiary/aromatic N) is 1. The monoisotopic (exact) mass is 463 g/mol. The summed E-state index contributed by atoms with van der Waals surface area (Å²) in [6.45, 7) is 4.27. The molecule has 0 amide bonds. The lowest BCUT2D eigenvalue weighted by atomic mass is 9.60. The molecular weight excluding hydrogens is 414 g/mol. The van der Waals surface area contributed by atoms with Gasteiger partial charge in [-0.05, 0) is 56.3 Å². The van der Waals surface area contributed by atoms with Gasteiger partial charge >= 0.3 is 5.97 Å². The van der Waals surface area contributed by atoms with E-state index in [1.807, 2.05) is 0 Å². The van der Waals surface area contributed by atoms with Gasteiger partial charge in [0.15, 0.2) is 6.29 Å². The standard InChI is InChI=1S/C17H32.C11H17NO4/c1-2-3-8-13-17(14-9-5-10-15-17)16-11-6-4-7-12-16;1-2-3-4-5-9-15-7-11(6-12,8-16-9)10(13)14/h16H,2-15H2,1H3;9H,2-5,7-8H2,1H3,(H,13,14). The second-order valence-corrected chi connectivity index (χ2v) is 10.8. The van der Waals surface area contributed by atoms with E-state index in [1.54, 1.807) is 38.2 Å². The molecule has 3 aliphatic rings. The van der Waals surface area contributed by atoms with E-state index in [-0.39, 0.29) is 19.5 Å². The van der Waals surface area contributed by atoms with Gasteiger partial charge in [0.2, 0.25) is 5.41 Å². The molecule has 190 valence electrons. The zero-order valence-electron chi connectivity index (χ0n) is 21.4. The Morgan fingerprint density at radius 2 is 1.48 bits per heavy atom. The highest BCUT2D eigenvalue weighted by Crippen LogP contribution is 2.51. The minimum Gasteiger partial charge on any atom is -0.480 e. The lowest BCUT2D eigenvalue weighted by Crippen LogP contribution is -2.46. The number of nitriles is 1. The fourth-order valence-electron chi connectivity index (χ4n) is 6.08. The average Bonchev–Trinajstić information content (AvgIpc) is 2.86. The molecule has 1 saturated heterocycles. The van der Waals surface area contributed by atoms with Gasteiger partial charge in [-0.25, -0.2) is 0 Å². The van der Waals surface area contributed by atoms with E-state index < -0.39 is 11.4 Å². The van der Waals surface area contributed by atoms with Crippen LogP contribution in [0.2, 0.25) is 0 Å². The molecule has 0 radical (unpaired) electrons. The largest absolute Gasteiger partial charge is 0.480 e. The van der Waals surface area contributed by atoms with E-state index in [1.165, 1.54) is 57.8 Å². The van der Waals surface area contributed by atoms with Crippen LogP contribution < -0.4 is 0 Å². The molecule has 0 atom stereocenters. The Kier molecular flexibility index (Phi) is 12.8. The highest BCUT2D eigenvalue weighted by atomic mass is 16.7. The zero-order chi connectivity index (χ0) is 24.0. The number of carboxylic acids is 1. The summed E-state index contributed by atoms with van der Waals surface area (Å²) in [6.07, 6.45) is 25.0. The first kappa shape index (κ1) is 28.1. The van der Waals surface area contributed by atoms with Crippen LogP contribution >= 0.6 is 0 Å². The summed E-state index contributed by atoms with van der Waals surface area (Å²) in [5, 5.41) is 17.7. The molecule has 33 heavy (non-hydrogen) atoms. The predicted octanol–water partition coefficient (Wildman–Crippen LogP) is 7.63. The molecule has 3 fully saturated rings. The van der Waals surface area contributed by atoms with E-state index in [2.05, 4.69) is 13.8 Å². The predicted molar refractivity (Wildman–Crippen MR) is 132 cm³/mol. The molecule has 3 rings (SSSR count). The Balaban J connectivity index is 0.000000234. The first-order valence-corrected chi connectivity index (χ1v) is 13.9. The third-order valence-electron chi connectivity index (χ3n) is 8.30. The Morgan fingerprint density at radius 3 is 2.03 bits per heavy atom. The van der Waals surface area contributed by atoms with Gasteiger partial charge in [-0.3, -0.25) is 4.79 Å². The van der Waals surface area contributed by atoms with Crippen molar-refractivity contribution in [3.05, 3.63) is 0 Å². The van der Waals surface area contributed by atoms with Crippen LogP contribution in [0.15, 0.2) is 0 Å². The molecule has 0 unspecified atom stereocenters. The maximum absolute atomic E-state index is 10.9. The first-order chi connectivity index (χ1) is 16.0. The lowest BCUT2D eigenvalue weighted by Gasteiger charge is -2.46. The summed E-state index contributed by atoms with van der Waals surface area (Å²) in [4.78, 5) is 10.9. The number of aliphatic carboxylic acids is 1. The Hall–Kier alpha value is -1.12. The molecule has 0 aromatic heterocycles. The molecule has 1 aliphatic heterocycles.